The van der Waals surface area contributed by atoms with E-state index >= 15 is 0 Å². The van der Waals surface area contributed by atoms with Crippen LogP contribution in [0.1, 0.15) is 79.2 Å². The standard InChI is InChI=1S/C28H34N6O/c1-4-25(27-30-31-32-34(27)24-12-8-9-13-24)33(17-21-10-6-5-7-11-21)18-23-16-22-15-19(2)14-20(3)26(22)29-28(23)35/h5-7,10-11,14-16,24-25H,4,8-9,12-13,17-18H2,1-3H3,(H,29,35). The lowest BCUT2D eigenvalue weighted by molar-refractivity contribution is 0.158. The largest absolute Gasteiger partial charge is 0.321 e. The number of fused-ring (bicyclic) bond motifs is 1. The van der Waals surface area contributed by atoms with Crippen molar-refractivity contribution in [1.29, 1.82) is 0 Å². The van der Waals surface area contributed by atoms with Gasteiger partial charge in [0.2, 0.25) is 0 Å². The summed E-state index contributed by atoms with van der Waals surface area (Å²) in [6.07, 6.45) is 5.54. The predicted molar refractivity (Wildman–Crippen MR) is 138 cm³/mol. The first kappa shape index (κ1) is 23.4. The molecule has 1 aliphatic rings. The topological polar surface area (TPSA) is 79.7 Å². The molecule has 1 saturated carbocycles. The third kappa shape index (κ3) is 4.91. The molecule has 0 radical (unpaired) electrons. The molecule has 1 unspecified atom stereocenters. The molecule has 0 bridgehead atoms. The molecule has 1 aliphatic carbocycles. The Morgan fingerprint density at radius 2 is 1.86 bits per heavy atom. The minimum absolute atomic E-state index is 0.000138. The normalized spacial score (nSPS) is 15.3. The summed E-state index contributed by atoms with van der Waals surface area (Å²) in [7, 11) is 0. The summed E-state index contributed by atoms with van der Waals surface area (Å²) >= 11 is 0. The van der Waals surface area contributed by atoms with Crippen molar-refractivity contribution >= 4 is 10.9 Å². The average Bonchev–Trinajstić information content (AvgIpc) is 3.53. The number of rotatable bonds is 8. The van der Waals surface area contributed by atoms with E-state index < -0.39 is 0 Å². The number of hydrogen-bond acceptors (Lipinski definition) is 5. The Kier molecular flexibility index (Phi) is 6.77. The van der Waals surface area contributed by atoms with Crippen LogP contribution in [0.4, 0.5) is 0 Å². The van der Waals surface area contributed by atoms with Crippen LogP contribution in [0.25, 0.3) is 10.9 Å². The van der Waals surface area contributed by atoms with Gasteiger partial charge in [0.1, 0.15) is 0 Å². The van der Waals surface area contributed by atoms with Crippen LogP contribution in [0.15, 0.2) is 53.3 Å². The van der Waals surface area contributed by atoms with E-state index in [4.69, 9.17) is 0 Å². The first-order valence-corrected chi connectivity index (χ1v) is 12.7. The summed E-state index contributed by atoms with van der Waals surface area (Å²) in [5.74, 6) is 0.902. The van der Waals surface area contributed by atoms with Crippen molar-refractivity contribution in [2.75, 3.05) is 0 Å². The summed E-state index contributed by atoms with van der Waals surface area (Å²) in [5, 5.41) is 14.1. The van der Waals surface area contributed by atoms with Crippen molar-refractivity contribution in [2.24, 2.45) is 0 Å². The second kappa shape index (κ2) is 10.1. The van der Waals surface area contributed by atoms with Crippen LogP contribution in [-0.2, 0) is 13.1 Å². The number of tetrazole rings is 1. The lowest BCUT2D eigenvalue weighted by atomic mass is 10.0. The Labute approximate surface area is 206 Å². The van der Waals surface area contributed by atoms with Crippen molar-refractivity contribution in [3.63, 3.8) is 0 Å². The van der Waals surface area contributed by atoms with Crippen LogP contribution in [0.5, 0.6) is 0 Å². The van der Waals surface area contributed by atoms with Gasteiger partial charge in [-0.25, -0.2) is 4.68 Å². The van der Waals surface area contributed by atoms with Gasteiger partial charge in [0.25, 0.3) is 5.56 Å². The highest BCUT2D eigenvalue weighted by atomic mass is 16.1. The molecule has 1 N–H and O–H groups in total. The van der Waals surface area contributed by atoms with Crippen molar-refractivity contribution in [3.8, 4) is 0 Å². The molecule has 0 aliphatic heterocycles. The number of nitrogens with zero attached hydrogens (tertiary/aromatic N) is 5. The summed E-state index contributed by atoms with van der Waals surface area (Å²) < 4.78 is 2.05. The van der Waals surface area contributed by atoms with E-state index in [2.05, 4.69) is 86.4 Å². The molecule has 1 atom stereocenters. The van der Waals surface area contributed by atoms with Gasteiger partial charge in [0, 0.05) is 18.7 Å². The van der Waals surface area contributed by atoms with Gasteiger partial charge in [-0.1, -0.05) is 61.7 Å². The van der Waals surface area contributed by atoms with Crippen LogP contribution < -0.4 is 5.56 Å². The third-order valence-corrected chi connectivity index (χ3v) is 7.29. The first-order chi connectivity index (χ1) is 17.0. The van der Waals surface area contributed by atoms with Crippen LogP contribution >= 0.6 is 0 Å². The number of hydrogen-bond donors (Lipinski definition) is 1. The van der Waals surface area contributed by atoms with Gasteiger partial charge in [-0.15, -0.1) is 5.10 Å². The Bertz CT molecular complexity index is 1350. The molecular weight excluding hydrogens is 436 g/mol. The lowest BCUT2D eigenvalue weighted by Crippen LogP contribution is -2.32. The number of benzene rings is 2. The van der Waals surface area contributed by atoms with Gasteiger partial charge < -0.3 is 4.98 Å². The molecule has 2 aromatic heterocycles. The highest BCUT2D eigenvalue weighted by Gasteiger charge is 2.29. The maximum atomic E-state index is 13.2. The number of aromatic nitrogens is 5. The molecule has 182 valence electrons. The molecule has 2 heterocycles. The second-order valence-corrected chi connectivity index (χ2v) is 9.90. The Hall–Kier alpha value is -3.32. The van der Waals surface area contributed by atoms with Crippen molar-refractivity contribution in [3.05, 3.63) is 87.0 Å². The molecule has 2 aromatic carbocycles. The van der Waals surface area contributed by atoms with Crippen molar-refractivity contribution < 1.29 is 0 Å². The zero-order valence-corrected chi connectivity index (χ0v) is 20.9. The first-order valence-electron chi connectivity index (χ1n) is 12.7. The molecule has 0 saturated heterocycles. The fraction of sp³-hybridized carbons (Fsp3) is 0.429. The molecular formula is C28H34N6O. The van der Waals surface area contributed by atoms with Crippen LogP contribution in [0.3, 0.4) is 0 Å². The second-order valence-electron chi connectivity index (χ2n) is 9.90. The number of aromatic amines is 1. The maximum absolute atomic E-state index is 13.2. The smallest absolute Gasteiger partial charge is 0.252 e. The van der Waals surface area contributed by atoms with Gasteiger partial charge in [0.05, 0.1) is 17.6 Å². The van der Waals surface area contributed by atoms with Crippen LogP contribution in [0.2, 0.25) is 0 Å². The highest BCUT2D eigenvalue weighted by molar-refractivity contribution is 5.82. The molecule has 7 nitrogen and oxygen atoms in total. The zero-order chi connectivity index (χ0) is 24.4. The lowest BCUT2D eigenvalue weighted by Gasteiger charge is -2.31. The Morgan fingerprint density at radius 3 is 2.60 bits per heavy atom. The summed E-state index contributed by atoms with van der Waals surface area (Å²) in [5.41, 5.74) is 5.12. The SMILES string of the molecule is CCC(c1nnnn1C1CCCC1)N(Cc1ccccc1)Cc1cc2cc(C)cc(C)c2[nH]c1=O. The van der Waals surface area contributed by atoms with E-state index in [-0.39, 0.29) is 11.6 Å². The van der Waals surface area contributed by atoms with Crippen LogP contribution in [-0.4, -0.2) is 30.1 Å². The number of nitrogens with one attached hydrogen (secondary N) is 1. The van der Waals surface area contributed by atoms with E-state index in [0.717, 1.165) is 47.1 Å². The molecule has 7 heteroatoms. The van der Waals surface area contributed by atoms with E-state index in [9.17, 15) is 4.79 Å². The number of pyridine rings is 1. The average molecular weight is 471 g/mol. The minimum atomic E-state index is -0.0345. The molecule has 0 spiro atoms. The van der Waals surface area contributed by atoms with E-state index in [1.54, 1.807) is 0 Å². The van der Waals surface area contributed by atoms with Crippen molar-refractivity contribution in [1.82, 2.24) is 30.1 Å². The van der Waals surface area contributed by atoms with Gasteiger partial charge in [-0.2, -0.15) is 0 Å². The summed E-state index contributed by atoms with van der Waals surface area (Å²) in [4.78, 5) is 18.7. The summed E-state index contributed by atoms with van der Waals surface area (Å²) in [6, 6.07) is 17.1. The van der Waals surface area contributed by atoms with E-state index in [1.807, 2.05) is 13.0 Å². The highest BCUT2D eigenvalue weighted by Crippen LogP contribution is 2.33. The predicted octanol–water partition coefficient (Wildman–Crippen LogP) is 5.40. The number of aryl methyl sites for hydroxylation is 2. The Balaban J connectivity index is 1.54. The molecule has 1 fully saturated rings. The number of H-pyrrole nitrogens is 1. The quantitative estimate of drug-likeness (QED) is 0.373. The summed E-state index contributed by atoms with van der Waals surface area (Å²) in [6.45, 7) is 7.54. The van der Waals surface area contributed by atoms with Crippen LogP contribution in [0, 0.1) is 13.8 Å². The Morgan fingerprint density at radius 1 is 1.09 bits per heavy atom. The molecule has 0 amide bonds. The molecule has 5 rings (SSSR count). The molecule has 35 heavy (non-hydrogen) atoms. The van der Waals surface area contributed by atoms with Gasteiger partial charge >= 0.3 is 0 Å². The molecule has 4 aromatic rings. The monoisotopic (exact) mass is 470 g/mol. The fourth-order valence-corrected chi connectivity index (χ4v) is 5.60. The third-order valence-electron chi connectivity index (χ3n) is 7.29. The zero-order valence-electron chi connectivity index (χ0n) is 20.9. The van der Waals surface area contributed by atoms with Gasteiger partial charge in [0.15, 0.2) is 5.82 Å². The van der Waals surface area contributed by atoms with E-state index in [1.165, 1.54) is 24.0 Å². The van der Waals surface area contributed by atoms with E-state index in [0.29, 0.717) is 19.1 Å². The maximum Gasteiger partial charge on any atom is 0.252 e. The fourth-order valence-electron chi connectivity index (χ4n) is 5.60. The minimum Gasteiger partial charge on any atom is -0.321 e. The van der Waals surface area contributed by atoms with Gasteiger partial charge in [-0.05, 0) is 72.2 Å². The van der Waals surface area contributed by atoms with Crippen molar-refractivity contribution in [2.45, 2.75) is 78.0 Å². The van der Waals surface area contributed by atoms with Gasteiger partial charge in [-0.3, -0.25) is 9.69 Å².